The van der Waals surface area contributed by atoms with Crippen LogP contribution in [0.3, 0.4) is 0 Å². The lowest BCUT2D eigenvalue weighted by molar-refractivity contribution is 0.416. The first-order valence-electron chi connectivity index (χ1n) is 4.75. The quantitative estimate of drug-likeness (QED) is 0.462. The molecule has 1 aromatic carbocycles. The molecule has 0 radical (unpaired) electrons. The van der Waals surface area contributed by atoms with Crippen molar-refractivity contribution in [2.45, 2.75) is 18.4 Å². The van der Waals surface area contributed by atoms with Crippen LogP contribution in [0, 0.1) is 0 Å². The van der Waals surface area contributed by atoms with Gasteiger partial charge in [0.25, 0.3) is 0 Å². The summed E-state index contributed by atoms with van der Waals surface area (Å²) in [7, 11) is 1.57. The van der Waals surface area contributed by atoms with Crippen LogP contribution in [0.25, 0.3) is 0 Å². The van der Waals surface area contributed by atoms with Crippen molar-refractivity contribution >= 4 is 11.8 Å². The summed E-state index contributed by atoms with van der Waals surface area (Å²) in [5, 5.41) is 0. The normalized spacial score (nSPS) is 16.6. The van der Waals surface area contributed by atoms with Crippen LogP contribution in [0.4, 0.5) is 5.69 Å². The van der Waals surface area contributed by atoms with Gasteiger partial charge < -0.3 is 10.5 Å². The zero-order valence-electron chi connectivity index (χ0n) is 8.49. The molecule has 2 rings (SSSR count). The van der Waals surface area contributed by atoms with Crippen LogP contribution in [0.15, 0.2) is 23.2 Å². The maximum absolute atomic E-state index is 10.3. The number of nitrogens with zero attached hydrogens (tertiary/aromatic N) is 1. The van der Waals surface area contributed by atoms with Crippen molar-refractivity contribution in [3.8, 4) is 5.75 Å². The third kappa shape index (κ3) is 1.60. The van der Waals surface area contributed by atoms with Crippen LogP contribution >= 0.6 is 0 Å². The molecule has 15 heavy (non-hydrogen) atoms. The highest BCUT2D eigenvalue weighted by Gasteiger charge is 2.44. The number of ether oxygens (including phenoxy) is 1. The topological polar surface area (TPSA) is 64.7 Å². The maximum atomic E-state index is 10.3. The van der Waals surface area contributed by atoms with Crippen LogP contribution in [-0.4, -0.2) is 13.2 Å². The number of carbonyl (C=O) groups excluding carboxylic acids is 1. The molecule has 0 aliphatic heterocycles. The van der Waals surface area contributed by atoms with Gasteiger partial charge in [0.15, 0.2) is 0 Å². The van der Waals surface area contributed by atoms with Crippen LogP contribution in [-0.2, 0) is 10.3 Å². The second-order valence-corrected chi connectivity index (χ2v) is 3.69. The lowest BCUT2D eigenvalue weighted by atomic mass is 10.0. The minimum atomic E-state index is -0.359. The molecule has 1 aromatic rings. The van der Waals surface area contributed by atoms with Crippen LogP contribution in [0.2, 0.25) is 0 Å². The van der Waals surface area contributed by atoms with Gasteiger partial charge in [0, 0.05) is 0 Å². The predicted molar refractivity (Wildman–Crippen MR) is 56.4 cm³/mol. The second kappa shape index (κ2) is 3.41. The molecule has 0 saturated heterocycles. The molecule has 2 N–H and O–H groups in total. The van der Waals surface area contributed by atoms with E-state index in [1.165, 1.54) is 0 Å². The van der Waals surface area contributed by atoms with Gasteiger partial charge in [-0.2, -0.15) is 4.99 Å². The molecule has 1 aliphatic rings. The summed E-state index contributed by atoms with van der Waals surface area (Å²) in [6.45, 7) is 0. The molecule has 4 nitrogen and oxygen atoms in total. The first kappa shape index (κ1) is 9.74. The summed E-state index contributed by atoms with van der Waals surface area (Å²) in [4.78, 5) is 14.1. The Labute approximate surface area is 87.8 Å². The Morgan fingerprint density at radius 1 is 1.53 bits per heavy atom. The van der Waals surface area contributed by atoms with E-state index < -0.39 is 0 Å². The van der Waals surface area contributed by atoms with Gasteiger partial charge in [-0.1, -0.05) is 6.07 Å². The molecular formula is C11H12N2O2. The third-order valence-corrected chi connectivity index (χ3v) is 2.75. The Balaban J connectivity index is 2.38. The molecule has 0 heterocycles. The van der Waals surface area contributed by atoms with E-state index >= 15 is 0 Å². The number of rotatable bonds is 3. The summed E-state index contributed by atoms with van der Waals surface area (Å²) >= 11 is 0. The van der Waals surface area contributed by atoms with Gasteiger partial charge in [-0.25, -0.2) is 4.79 Å². The molecule has 78 valence electrons. The standard InChI is InChI=1S/C11H12N2O2/c1-15-10-3-2-8(6-9(10)12)11(4-5-11)13-7-14/h2-3,6H,4-5,12H2,1H3. The van der Waals surface area contributed by atoms with E-state index in [9.17, 15) is 4.79 Å². The van der Waals surface area contributed by atoms with Gasteiger partial charge in [0.1, 0.15) is 5.75 Å². The smallest absolute Gasteiger partial charge is 0.235 e. The molecule has 0 atom stereocenters. The Morgan fingerprint density at radius 3 is 2.73 bits per heavy atom. The van der Waals surface area contributed by atoms with E-state index in [-0.39, 0.29) is 5.54 Å². The molecule has 0 unspecified atom stereocenters. The second-order valence-electron chi connectivity index (χ2n) is 3.69. The lowest BCUT2D eigenvalue weighted by Gasteiger charge is -2.11. The number of nitrogen functional groups attached to an aromatic ring is 1. The Morgan fingerprint density at radius 2 is 2.27 bits per heavy atom. The fraction of sp³-hybridized carbons (Fsp3) is 0.364. The predicted octanol–water partition coefficient (Wildman–Crippen LogP) is 1.60. The minimum Gasteiger partial charge on any atom is -0.495 e. The molecule has 1 fully saturated rings. The van der Waals surface area contributed by atoms with E-state index in [0.29, 0.717) is 11.4 Å². The number of nitrogens with two attached hydrogens (primary N) is 1. The molecule has 0 amide bonds. The number of hydrogen-bond donors (Lipinski definition) is 1. The van der Waals surface area contributed by atoms with Gasteiger partial charge >= 0.3 is 0 Å². The zero-order valence-corrected chi connectivity index (χ0v) is 8.49. The number of isocyanates is 1. The van der Waals surface area contributed by atoms with Crippen molar-refractivity contribution in [2.24, 2.45) is 4.99 Å². The number of anilines is 1. The zero-order chi connectivity index (χ0) is 10.9. The van der Waals surface area contributed by atoms with Crippen LogP contribution < -0.4 is 10.5 Å². The number of methoxy groups -OCH3 is 1. The third-order valence-electron chi connectivity index (χ3n) is 2.75. The minimum absolute atomic E-state index is 0.359. The number of aliphatic imine (C=N–C) groups is 1. The lowest BCUT2D eigenvalue weighted by Crippen LogP contribution is -2.03. The molecule has 0 bridgehead atoms. The summed E-state index contributed by atoms with van der Waals surface area (Å²) < 4.78 is 5.06. The Hall–Kier alpha value is -1.80. The van der Waals surface area contributed by atoms with Crippen molar-refractivity contribution in [1.82, 2.24) is 0 Å². The highest BCUT2D eigenvalue weighted by molar-refractivity contribution is 5.56. The Kier molecular flexibility index (Phi) is 2.21. The van der Waals surface area contributed by atoms with Crippen molar-refractivity contribution in [2.75, 3.05) is 12.8 Å². The highest BCUT2D eigenvalue weighted by atomic mass is 16.5. The highest BCUT2D eigenvalue weighted by Crippen LogP contribution is 2.50. The van der Waals surface area contributed by atoms with Gasteiger partial charge in [0.05, 0.1) is 18.3 Å². The average molecular weight is 204 g/mol. The molecule has 1 saturated carbocycles. The van der Waals surface area contributed by atoms with Gasteiger partial charge in [-0.3, -0.25) is 0 Å². The monoisotopic (exact) mass is 204 g/mol. The van der Waals surface area contributed by atoms with Gasteiger partial charge in [0.2, 0.25) is 6.08 Å². The van der Waals surface area contributed by atoms with Crippen molar-refractivity contribution in [1.29, 1.82) is 0 Å². The maximum Gasteiger partial charge on any atom is 0.235 e. The van der Waals surface area contributed by atoms with E-state index in [0.717, 1.165) is 18.4 Å². The SMILES string of the molecule is COc1ccc(C2(N=C=O)CC2)cc1N. The van der Waals surface area contributed by atoms with E-state index in [1.54, 1.807) is 19.3 Å². The van der Waals surface area contributed by atoms with Crippen LogP contribution in [0.5, 0.6) is 5.75 Å². The fourth-order valence-corrected chi connectivity index (χ4v) is 1.69. The molecular weight excluding hydrogens is 192 g/mol. The van der Waals surface area contributed by atoms with Gasteiger partial charge in [-0.05, 0) is 30.5 Å². The summed E-state index contributed by atoms with van der Waals surface area (Å²) in [6.07, 6.45) is 3.39. The average Bonchev–Trinajstić information content (AvgIpc) is 2.99. The first-order valence-corrected chi connectivity index (χ1v) is 4.75. The summed E-state index contributed by atoms with van der Waals surface area (Å²) in [6, 6.07) is 5.50. The molecule has 4 heteroatoms. The van der Waals surface area contributed by atoms with Crippen molar-refractivity contribution in [3.63, 3.8) is 0 Å². The largest absolute Gasteiger partial charge is 0.495 e. The van der Waals surface area contributed by atoms with E-state index in [4.69, 9.17) is 10.5 Å². The molecule has 0 spiro atoms. The first-order chi connectivity index (χ1) is 7.22. The summed E-state index contributed by atoms with van der Waals surface area (Å²) in [5.74, 6) is 0.643. The van der Waals surface area contributed by atoms with Gasteiger partial charge in [-0.15, -0.1) is 0 Å². The molecule has 1 aliphatic carbocycles. The van der Waals surface area contributed by atoms with Crippen molar-refractivity contribution < 1.29 is 9.53 Å². The number of benzene rings is 1. The molecule has 0 aromatic heterocycles. The fourth-order valence-electron chi connectivity index (χ4n) is 1.69. The number of hydrogen-bond acceptors (Lipinski definition) is 4. The van der Waals surface area contributed by atoms with E-state index in [2.05, 4.69) is 4.99 Å². The Bertz CT molecular complexity index is 432. The van der Waals surface area contributed by atoms with Crippen molar-refractivity contribution in [3.05, 3.63) is 23.8 Å². The summed E-state index contributed by atoms with van der Waals surface area (Å²) in [5.41, 5.74) is 6.96. The van der Waals surface area contributed by atoms with E-state index in [1.807, 2.05) is 12.1 Å². The van der Waals surface area contributed by atoms with Crippen LogP contribution in [0.1, 0.15) is 18.4 Å².